The molecule has 0 aromatic heterocycles. The molecule has 1 unspecified atom stereocenters. The number of para-hydroxylation sites is 1. The second-order valence-electron chi connectivity index (χ2n) is 6.37. The van der Waals surface area contributed by atoms with Crippen LogP contribution in [0.5, 0.6) is 0 Å². The topological polar surface area (TPSA) is 43.9 Å². The van der Waals surface area contributed by atoms with Crippen LogP contribution < -0.4 is 4.90 Å². The molecule has 0 spiro atoms. The first-order valence-corrected chi connectivity index (χ1v) is 8.30. The summed E-state index contributed by atoms with van der Waals surface area (Å²) in [5.41, 5.74) is 0.185. The van der Waals surface area contributed by atoms with E-state index in [0.29, 0.717) is 26.2 Å². The van der Waals surface area contributed by atoms with Gasteiger partial charge in [-0.3, -0.25) is 14.5 Å². The Morgan fingerprint density at radius 3 is 2.48 bits per heavy atom. The minimum absolute atomic E-state index is 0.0460. The molecule has 1 aromatic carbocycles. The number of hydrogen-bond acceptors (Lipinski definition) is 3. The van der Waals surface area contributed by atoms with Crippen LogP contribution in [0.2, 0.25) is 0 Å². The molecule has 1 atom stereocenters. The largest absolute Gasteiger partial charge is 0.340 e. The smallest absolute Gasteiger partial charge is 0.251 e. The van der Waals surface area contributed by atoms with Crippen molar-refractivity contribution in [2.24, 2.45) is 5.92 Å². The Hall–Kier alpha value is -2.09. The molecular weight excluding hydrogens is 335 g/mol. The normalized spacial score (nSPS) is 22.1. The van der Waals surface area contributed by atoms with E-state index in [1.807, 2.05) is 0 Å². The Bertz CT molecular complexity index is 648. The first kappa shape index (κ1) is 17.7. The van der Waals surface area contributed by atoms with Gasteiger partial charge in [-0.1, -0.05) is 12.1 Å². The van der Waals surface area contributed by atoms with Gasteiger partial charge in [-0.2, -0.15) is 0 Å². The van der Waals surface area contributed by atoms with Crippen LogP contribution in [0, 0.1) is 11.7 Å². The molecule has 2 fully saturated rings. The van der Waals surface area contributed by atoms with E-state index >= 15 is 0 Å². The Morgan fingerprint density at radius 1 is 1.16 bits per heavy atom. The Balaban J connectivity index is 1.59. The van der Waals surface area contributed by atoms with Crippen molar-refractivity contribution in [1.29, 1.82) is 0 Å². The number of anilines is 1. The highest BCUT2D eigenvalue weighted by Gasteiger charge is 2.38. The van der Waals surface area contributed by atoms with E-state index in [1.165, 1.54) is 17.0 Å². The summed E-state index contributed by atoms with van der Waals surface area (Å²) in [7, 11) is 0. The molecule has 0 bridgehead atoms. The van der Waals surface area contributed by atoms with Gasteiger partial charge in [-0.15, -0.1) is 0 Å². The van der Waals surface area contributed by atoms with Crippen LogP contribution in [0.15, 0.2) is 24.3 Å². The molecule has 0 radical (unpaired) electrons. The molecule has 8 heteroatoms. The van der Waals surface area contributed by atoms with Gasteiger partial charge in [-0.25, -0.2) is 13.2 Å². The Kier molecular flexibility index (Phi) is 5.27. The molecule has 2 aliphatic rings. The zero-order valence-corrected chi connectivity index (χ0v) is 13.7. The first-order chi connectivity index (χ1) is 12.0. The van der Waals surface area contributed by atoms with E-state index < -0.39 is 18.2 Å². The summed E-state index contributed by atoms with van der Waals surface area (Å²) in [6.45, 7) is 1.40. The second kappa shape index (κ2) is 7.43. The van der Waals surface area contributed by atoms with E-state index in [2.05, 4.69) is 0 Å². The van der Waals surface area contributed by atoms with Crippen LogP contribution >= 0.6 is 0 Å². The van der Waals surface area contributed by atoms with E-state index in [-0.39, 0.29) is 37.0 Å². The van der Waals surface area contributed by atoms with Crippen molar-refractivity contribution in [3.8, 4) is 0 Å². The molecule has 0 saturated carbocycles. The van der Waals surface area contributed by atoms with Crippen LogP contribution in [-0.4, -0.2) is 67.3 Å². The van der Waals surface area contributed by atoms with Crippen LogP contribution in [0.3, 0.4) is 0 Å². The quantitative estimate of drug-likeness (QED) is 0.824. The second-order valence-corrected chi connectivity index (χ2v) is 6.37. The van der Waals surface area contributed by atoms with Crippen LogP contribution in [-0.2, 0) is 9.59 Å². The first-order valence-electron chi connectivity index (χ1n) is 8.30. The van der Waals surface area contributed by atoms with Gasteiger partial charge in [0.25, 0.3) is 6.43 Å². The maximum atomic E-state index is 13.9. The maximum Gasteiger partial charge on any atom is 0.251 e. The lowest BCUT2D eigenvalue weighted by Crippen LogP contribution is -2.51. The van der Waals surface area contributed by atoms with Crippen molar-refractivity contribution in [1.82, 2.24) is 9.80 Å². The summed E-state index contributed by atoms with van der Waals surface area (Å²) >= 11 is 0. The van der Waals surface area contributed by atoms with Gasteiger partial charge >= 0.3 is 0 Å². The fraction of sp³-hybridized carbons (Fsp3) is 0.529. The number of alkyl halides is 2. The van der Waals surface area contributed by atoms with Crippen molar-refractivity contribution in [2.75, 3.05) is 44.2 Å². The zero-order chi connectivity index (χ0) is 18.0. The summed E-state index contributed by atoms with van der Waals surface area (Å²) in [6.07, 6.45) is -2.34. The minimum atomic E-state index is -2.39. The lowest BCUT2D eigenvalue weighted by atomic mass is 10.1. The third-order valence-electron chi connectivity index (χ3n) is 4.70. The van der Waals surface area contributed by atoms with Gasteiger partial charge in [0, 0.05) is 39.1 Å². The lowest BCUT2D eigenvalue weighted by molar-refractivity contribution is -0.137. The Labute approximate surface area is 144 Å². The molecule has 1 aromatic rings. The summed E-state index contributed by atoms with van der Waals surface area (Å²) in [5, 5.41) is 0. The van der Waals surface area contributed by atoms with Crippen LogP contribution in [0.25, 0.3) is 0 Å². The van der Waals surface area contributed by atoms with Crippen molar-refractivity contribution in [3.05, 3.63) is 30.1 Å². The molecule has 2 saturated heterocycles. The van der Waals surface area contributed by atoms with E-state index in [4.69, 9.17) is 0 Å². The third-order valence-corrected chi connectivity index (χ3v) is 4.70. The van der Waals surface area contributed by atoms with Crippen molar-refractivity contribution < 1.29 is 22.8 Å². The number of carbonyl (C=O) groups is 2. The average Bonchev–Trinajstić information content (AvgIpc) is 2.96. The molecule has 25 heavy (non-hydrogen) atoms. The summed E-state index contributed by atoms with van der Waals surface area (Å²) in [4.78, 5) is 29.4. The number of nitrogens with zero attached hydrogens (tertiary/aromatic N) is 3. The number of piperazine rings is 1. The van der Waals surface area contributed by atoms with Gasteiger partial charge in [-0.05, 0) is 12.1 Å². The lowest BCUT2D eigenvalue weighted by Gasteiger charge is -2.35. The third kappa shape index (κ3) is 3.95. The van der Waals surface area contributed by atoms with Crippen molar-refractivity contribution in [2.45, 2.75) is 12.8 Å². The molecular formula is C17H20F3N3O2. The number of carbonyl (C=O) groups excluding carboxylic acids is 2. The number of benzene rings is 1. The van der Waals surface area contributed by atoms with E-state index in [9.17, 15) is 22.8 Å². The fourth-order valence-electron chi connectivity index (χ4n) is 3.38. The molecule has 5 nitrogen and oxygen atoms in total. The molecule has 2 heterocycles. The predicted octanol–water partition coefficient (Wildman–Crippen LogP) is 1.59. The molecule has 2 aliphatic heterocycles. The van der Waals surface area contributed by atoms with Crippen molar-refractivity contribution in [3.63, 3.8) is 0 Å². The molecule has 2 amide bonds. The predicted molar refractivity (Wildman–Crippen MR) is 85.9 cm³/mol. The van der Waals surface area contributed by atoms with Gasteiger partial charge in [0.2, 0.25) is 11.8 Å². The summed E-state index contributed by atoms with van der Waals surface area (Å²) < 4.78 is 38.7. The summed E-state index contributed by atoms with van der Waals surface area (Å²) in [6, 6.07) is 5.98. The number of amides is 2. The van der Waals surface area contributed by atoms with Gasteiger partial charge in [0.05, 0.1) is 18.2 Å². The fourth-order valence-corrected chi connectivity index (χ4v) is 3.38. The minimum Gasteiger partial charge on any atom is -0.340 e. The van der Waals surface area contributed by atoms with Gasteiger partial charge < -0.3 is 9.80 Å². The van der Waals surface area contributed by atoms with Crippen molar-refractivity contribution >= 4 is 17.5 Å². The van der Waals surface area contributed by atoms with E-state index in [1.54, 1.807) is 21.9 Å². The van der Waals surface area contributed by atoms with Gasteiger partial charge in [0.15, 0.2) is 0 Å². The number of rotatable bonds is 4. The Morgan fingerprint density at radius 2 is 1.84 bits per heavy atom. The standard InChI is InChI=1S/C17H20F3N3O2/c18-13-3-1-2-4-14(13)23-10-12(9-16(23)24)17(25)22-7-5-21(6-8-22)11-15(19)20/h1-4,12,15H,5-11H2. The average molecular weight is 355 g/mol. The summed E-state index contributed by atoms with van der Waals surface area (Å²) in [5.74, 6) is -1.46. The van der Waals surface area contributed by atoms with Crippen LogP contribution in [0.4, 0.5) is 18.9 Å². The monoisotopic (exact) mass is 355 g/mol. The SMILES string of the molecule is O=C(C1CC(=O)N(c2ccccc2F)C1)N1CCN(CC(F)F)CC1. The molecule has 3 rings (SSSR count). The highest BCUT2D eigenvalue weighted by atomic mass is 19.3. The molecule has 0 aliphatic carbocycles. The van der Waals surface area contributed by atoms with Gasteiger partial charge in [0.1, 0.15) is 5.82 Å². The van der Waals surface area contributed by atoms with Crippen LogP contribution in [0.1, 0.15) is 6.42 Å². The number of halogens is 3. The zero-order valence-electron chi connectivity index (χ0n) is 13.7. The maximum absolute atomic E-state index is 13.9. The highest BCUT2D eigenvalue weighted by Crippen LogP contribution is 2.28. The molecule has 0 N–H and O–H groups in total. The highest BCUT2D eigenvalue weighted by molar-refractivity contribution is 6.00. The molecule has 136 valence electrons. The number of hydrogen-bond donors (Lipinski definition) is 0. The van der Waals surface area contributed by atoms with E-state index in [0.717, 1.165) is 0 Å².